The van der Waals surface area contributed by atoms with Gasteiger partial charge in [0.2, 0.25) is 5.91 Å². The van der Waals surface area contributed by atoms with Gasteiger partial charge in [-0.3, -0.25) is 4.79 Å². The Morgan fingerprint density at radius 1 is 1.33 bits per heavy atom. The van der Waals surface area contributed by atoms with Gasteiger partial charge in [-0.1, -0.05) is 30.3 Å². The van der Waals surface area contributed by atoms with Crippen LogP contribution >= 0.6 is 22.9 Å². The summed E-state index contributed by atoms with van der Waals surface area (Å²) in [6.45, 7) is 3.30. The normalized spacial score (nSPS) is 11.3. The van der Waals surface area contributed by atoms with Crippen LogP contribution in [0, 0.1) is 0 Å². The molecule has 1 aromatic heterocycles. The summed E-state index contributed by atoms with van der Waals surface area (Å²) < 4.78 is 0. The summed E-state index contributed by atoms with van der Waals surface area (Å²) in [5.74, 6) is -0.252. The standard InChI is InChI=1S/C13H13ClN2OS/c1-13(2,14)11(17)16-12-15-10(8-18-12)9-6-4-3-5-7-9/h3-8H,1-2H3,(H,15,16,17). The van der Waals surface area contributed by atoms with Gasteiger partial charge in [0, 0.05) is 10.9 Å². The lowest BCUT2D eigenvalue weighted by molar-refractivity contribution is -0.117. The second-order valence-electron chi connectivity index (χ2n) is 4.33. The van der Waals surface area contributed by atoms with Gasteiger partial charge in [-0.25, -0.2) is 4.98 Å². The van der Waals surface area contributed by atoms with E-state index in [1.165, 1.54) is 11.3 Å². The van der Waals surface area contributed by atoms with Gasteiger partial charge in [0.15, 0.2) is 5.13 Å². The van der Waals surface area contributed by atoms with Gasteiger partial charge < -0.3 is 5.32 Å². The quantitative estimate of drug-likeness (QED) is 0.870. The summed E-state index contributed by atoms with van der Waals surface area (Å²) in [7, 11) is 0. The zero-order valence-electron chi connectivity index (χ0n) is 10.1. The smallest absolute Gasteiger partial charge is 0.246 e. The summed E-state index contributed by atoms with van der Waals surface area (Å²) in [4.78, 5) is 15.1. The first-order valence-electron chi connectivity index (χ1n) is 5.48. The summed E-state index contributed by atoms with van der Waals surface area (Å²) in [5, 5.41) is 5.18. The largest absolute Gasteiger partial charge is 0.300 e. The Labute approximate surface area is 115 Å². The van der Waals surface area contributed by atoms with Crippen molar-refractivity contribution in [3.8, 4) is 11.3 Å². The van der Waals surface area contributed by atoms with Gasteiger partial charge in [0.1, 0.15) is 4.87 Å². The third kappa shape index (κ3) is 3.09. The Hall–Kier alpha value is -1.39. The van der Waals surface area contributed by atoms with Crippen LogP contribution in [-0.2, 0) is 4.79 Å². The number of amides is 1. The molecule has 0 fully saturated rings. The van der Waals surface area contributed by atoms with Crippen molar-refractivity contribution in [2.45, 2.75) is 18.7 Å². The first-order valence-corrected chi connectivity index (χ1v) is 6.74. The van der Waals surface area contributed by atoms with Gasteiger partial charge in [0.05, 0.1) is 5.69 Å². The van der Waals surface area contributed by atoms with E-state index in [-0.39, 0.29) is 5.91 Å². The number of hydrogen-bond donors (Lipinski definition) is 1. The number of anilines is 1. The maximum absolute atomic E-state index is 11.7. The third-order valence-electron chi connectivity index (χ3n) is 2.33. The maximum atomic E-state index is 11.7. The fraction of sp³-hybridized carbons (Fsp3) is 0.231. The van der Waals surface area contributed by atoms with Crippen molar-refractivity contribution in [2.75, 3.05) is 5.32 Å². The van der Waals surface area contributed by atoms with Crippen LogP contribution in [0.2, 0.25) is 0 Å². The monoisotopic (exact) mass is 280 g/mol. The minimum Gasteiger partial charge on any atom is -0.300 e. The van der Waals surface area contributed by atoms with E-state index in [9.17, 15) is 4.79 Å². The molecule has 1 aromatic carbocycles. The van der Waals surface area contributed by atoms with Gasteiger partial charge in [-0.2, -0.15) is 0 Å². The first-order chi connectivity index (χ1) is 8.47. The van der Waals surface area contributed by atoms with E-state index < -0.39 is 4.87 Å². The number of carbonyl (C=O) groups excluding carboxylic acids is 1. The number of rotatable bonds is 3. The predicted octanol–water partition coefficient (Wildman–Crippen LogP) is 3.77. The average Bonchev–Trinajstić information content (AvgIpc) is 2.77. The summed E-state index contributed by atoms with van der Waals surface area (Å²) >= 11 is 7.31. The second-order valence-corrected chi connectivity index (χ2v) is 6.13. The van der Waals surface area contributed by atoms with E-state index in [1.54, 1.807) is 13.8 Å². The zero-order valence-corrected chi connectivity index (χ0v) is 11.7. The van der Waals surface area contributed by atoms with Crippen LogP contribution < -0.4 is 5.32 Å². The van der Waals surface area contributed by atoms with Gasteiger partial charge >= 0.3 is 0 Å². The number of nitrogens with zero attached hydrogens (tertiary/aromatic N) is 1. The van der Waals surface area contributed by atoms with Crippen molar-refractivity contribution < 1.29 is 4.79 Å². The fourth-order valence-corrected chi connectivity index (χ4v) is 2.08. The maximum Gasteiger partial charge on any atom is 0.246 e. The summed E-state index contributed by atoms with van der Waals surface area (Å²) in [6.07, 6.45) is 0. The predicted molar refractivity (Wildman–Crippen MR) is 76.1 cm³/mol. The van der Waals surface area contributed by atoms with Gasteiger partial charge in [0.25, 0.3) is 0 Å². The van der Waals surface area contributed by atoms with Crippen molar-refractivity contribution in [2.24, 2.45) is 0 Å². The lowest BCUT2D eigenvalue weighted by Gasteiger charge is -2.13. The van der Waals surface area contributed by atoms with Gasteiger partial charge in [-0.05, 0) is 13.8 Å². The van der Waals surface area contributed by atoms with Crippen LogP contribution in [-0.4, -0.2) is 15.8 Å². The molecule has 1 N–H and O–H groups in total. The molecule has 0 radical (unpaired) electrons. The van der Waals surface area contributed by atoms with Crippen molar-refractivity contribution in [3.05, 3.63) is 35.7 Å². The highest BCUT2D eigenvalue weighted by Crippen LogP contribution is 2.25. The third-order valence-corrected chi connectivity index (χ3v) is 3.26. The van der Waals surface area contributed by atoms with E-state index in [2.05, 4.69) is 10.3 Å². The molecule has 5 heteroatoms. The minimum absolute atomic E-state index is 0.252. The number of alkyl halides is 1. The molecule has 0 saturated carbocycles. The Kier molecular flexibility index (Phi) is 3.68. The number of carbonyl (C=O) groups is 1. The van der Waals surface area contributed by atoms with Crippen LogP contribution in [0.25, 0.3) is 11.3 Å². The van der Waals surface area contributed by atoms with E-state index in [1.807, 2.05) is 35.7 Å². The van der Waals surface area contributed by atoms with E-state index in [0.717, 1.165) is 11.3 Å². The molecule has 0 aliphatic heterocycles. The van der Waals surface area contributed by atoms with E-state index in [4.69, 9.17) is 11.6 Å². The minimum atomic E-state index is -0.932. The summed E-state index contributed by atoms with van der Waals surface area (Å²) in [6, 6.07) is 9.82. The Balaban J connectivity index is 2.15. The Bertz CT molecular complexity index is 546. The highest BCUT2D eigenvalue weighted by molar-refractivity contribution is 7.14. The molecule has 0 saturated heterocycles. The fourth-order valence-electron chi connectivity index (χ4n) is 1.32. The molecule has 0 atom stereocenters. The molecule has 0 bridgehead atoms. The Morgan fingerprint density at radius 3 is 2.61 bits per heavy atom. The topological polar surface area (TPSA) is 42.0 Å². The van der Waals surface area contributed by atoms with Crippen LogP contribution in [0.4, 0.5) is 5.13 Å². The van der Waals surface area contributed by atoms with Crippen molar-refractivity contribution in [1.82, 2.24) is 4.98 Å². The van der Waals surface area contributed by atoms with E-state index >= 15 is 0 Å². The lowest BCUT2D eigenvalue weighted by atomic mass is 10.2. The number of halogens is 1. The molecule has 0 unspecified atom stereocenters. The van der Waals surface area contributed by atoms with Crippen LogP contribution in [0.3, 0.4) is 0 Å². The molecular formula is C13H13ClN2OS. The van der Waals surface area contributed by atoms with Gasteiger partial charge in [-0.15, -0.1) is 22.9 Å². The molecule has 0 spiro atoms. The number of aromatic nitrogens is 1. The SMILES string of the molecule is CC(C)(Cl)C(=O)Nc1nc(-c2ccccc2)cs1. The molecule has 0 aliphatic rings. The second kappa shape index (κ2) is 5.08. The molecule has 1 heterocycles. The molecule has 18 heavy (non-hydrogen) atoms. The number of thiazole rings is 1. The van der Waals surface area contributed by atoms with Crippen LogP contribution in [0.15, 0.2) is 35.7 Å². The van der Waals surface area contributed by atoms with Crippen molar-refractivity contribution in [1.29, 1.82) is 0 Å². The molecular weight excluding hydrogens is 268 g/mol. The highest BCUT2D eigenvalue weighted by Gasteiger charge is 2.25. The van der Waals surface area contributed by atoms with Crippen molar-refractivity contribution in [3.63, 3.8) is 0 Å². The first kappa shape index (κ1) is 13.1. The average molecular weight is 281 g/mol. The summed E-state index contributed by atoms with van der Waals surface area (Å²) in [5.41, 5.74) is 1.88. The molecule has 2 rings (SSSR count). The van der Waals surface area contributed by atoms with Crippen LogP contribution in [0.5, 0.6) is 0 Å². The molecule has 0 aliphatic carbocycles. The zero-order chi connectivity index (χ0) is 13.2. The highest BCUT2D eigenvalue weighted by atomic mass is 35.5. The molecule has 3 nitrogen and oxygen atoms in total. The molecule has 94 valence electrons. The van der Waals surface area contributed by atoms with Crippen molar-refractivity contribution >= 4 is 34.0 Å². The van der Waals surface area contributed by atoms with E-state index in [0.29, 0.717) is 5.13 Å². The number of hydrogen-bond acceptors (Lipinski definition) is 3. The number of nitrogens with one attached hydrogen (secondary N) is 1. The number of benzene rings is 1. The van der Waals surface area contributed by atoms with Crippen LogP contribution in [0.1, 0.15) is 13.8 Å². The lowest BCUT2D eigenvalue weighted by Crippen LogP contribution is -2.31. The Morgan fingerprint density at radius 2 is 2.00 bits per heavy atom. The molecule has 1 amide bonds. The molecule has 2 aromatic rings.